The number of hydrogen-bond donors (Lipinski definition) is 2. The van der Waals surface area contributed by atoms with Crippen LogP contribution >= 0.6 is 28.1 Å². The largest absolute Gasteiger partial charge is 0.493 e. The van der Waals surface area contributed by atoms with E-state index in [1.54, 1.807) is 18.2 Å². The summed E-state index contributed by atoms with van der Waals surface area (Å²) in [6.07, 6.45) is 1.47. The van der Waals surface area contributed by atoms with Crippen LogP contribution in [-0.2, 0) is 16.2 Å². The zero-order valence-electron chi connectivity index (χ0n) is 14.2. The molecule has 0 aromatic heterocycles. The molecule has 1 heterocycles. The predicted molar refractivity (Wildman–Crippen MR) is 108 cm³/mol. The third kappa shape index (κ3) is 4.72. The fraction of sp³-hybridized carbons (Fsp3) is 0.105. The van der Waals surface area contributed by atoms with Crippen LogP contribution in [0.4, 0.5) is 0 Å². The first-order valence-corrected chi connectivity index (χ1v) is 9.10. The van der Waals surface area contributed by atoms with Gasteiger partial charge in [-0.05, 0) is 53.7 Å². The third-order valence-electron chi connectivity index (χ3n) is 3.75. The van der Waals surface area contributed by atoms with E-state index in [4.69, 9.17) is 21.7 Å². The molecule has 2 N–H and O–H groups in total. The van der Waals surface area contributed by atoms with Crippen molar-refractivity contribution in [2.45, 2.75) is 6.61 Å². The number of carbonyl (C=O) groups is 2. The van der Waals surface area contributed by atoms with E-state index in [1.165, 1.54) is 13.2 Å². The molecular weight excluding hydrogens is 432 g/mol. The zero-order valence-corrected chi connectivity index (χ0v) is 16.6. The lowest BCUT2D eigenvalue weighted by Gasteiger charge is -2.16. The van der Waals surface area contributed by atoms with Gasteiger partial charge in [-0.25, -0.2) is 0 Å². The summed E-state index contributed by atoms with van der Waals surface area (Å²) in [6, 6.07) is 13.0. The summed E-state index contributed by atoms with van der Waals surface area (Å²) >= 11 is 8.17. The first-order valence-electron chi connectivity index (χ1n) is 7.90. The zero-order chi connectivity index (χ0) is 19.4. The average molecular weight is 447 g/mol. The van der Waals surface area contributed by atoms with Gasteiger partial charge in [0, 0.05) is 4.47 Å². The van der Waals surface area contributed by atoms with Crippen LogP contribution in [0.3, 0.4) is 0 Å². The molecule has 2 amide bonds. The molecule has 0 atom stereocenters. The van der Waals surface area contributed by atoms with Crippen molar-refractivity contribution in [2.75, 3.05) is 7.11 Å². The van der Waals surface area contributed by atoms with Crippen molar-refractivity contribution in [1.29, 1.82) is 0 Å². The Morgan fingerprint density at radius 1 is 1.04 bits per heavy atom. The maximum absolute atomic E-state index is 11.9. The van der Waals surface area contributed by atoms with Crippen LogP contribution in [0.2, 0.25) is 0 Å². The van der Waals surface area contributed by atoms with Gasteiger partial charge in [0.2, 0.25) is 0 Å². The van der Waals surface area contributed by atoms with E-state index in [1.807, 2.05) is 24.3 Å². The molecule has 1 fully saturated rings. The van der Waals surface area contributed by atoms with E-state index in [9.17, 15) is 9.59 Å². The predicted octanol–water partition coefficient (Wildman–Crippen LogP) is 2.95. The summed E-state index contributed by atoms with van der Waals surface area (Å²) in [5, 5.41) is 4.79. The summed E-state index contributed by atoms with van der Waals surface area (Å²) in [4.78, 5) is 23.9. The summed E-state index contributed by atoms with van der Waals surface area (Å²) in [5.74, 6) is -0.0357. The van der Waals surface area contributed by atoms with Gasteiger partial charge in [-0.2, -0.15) is 0 Å². The number of amides is 2. The molecule has 0 radical (unpaired) electrons. The minimum Gasteiger partial charge on any atom is -0.493 e. The van der Waals surface area contributed by atoms with Gasteiger partial charge in [0.25, 0.3) is 11.8 Å². The Morgan fingerprint density at radius 2 is 1.70 bits per heavy atom. The van der Waals surface area contributed by atoms with Crippen molar-refractivity contribution in [2.24, 2.45) is 0 Å². The molecule has 1 aliphatic heterocycles. The van der Waals surface area contributed by atoms with Crippen LogP contribution in [0.15, 0.2) is 52.5 Å². The van der Waals surface area contributed by atoms with Crippen molar-refractivity contribution in [3.63, 3.8) is 0 Å². The van der Waals surface area contributed by atoms with Crippen molar-refractivity contribution in [1.82, 2.24) is 10.6 Å². The van der Waals surface area contributed by atoms with Crippen LogP contribution in [-0.4, -0.2) is 24.0 Å². The van der Waals surface area contributed by atoms with E-state index in [0.717, 1.165) is 10.0 Å². The van der Waals surface area contributed by atoms with Gasteiger partial charge < -0.3 is 9.47 Å². The van der Waals surface area contributed by atoms with Crippen LogP contribution in [0.1, 0.15) is 11.1 Å². The molecule has 1 aliphatic rings. The Hall–Kier alpha value is -2.71. The molecule has 2 aromatic carbocycles. The van der Waals surface area contributed by atoms with Crippen LogP contribution in [0.5, 0.6) is 11.5 Å². The molecule has 0 saturated carbocycles. The van der Waals surface area contributed by atoms with Crippen LogP contribution < -0.4 is 20.1 Å². The number of benzene rings is 2. The summed E-state index contributed by atoms with van der Waals surface area (Å²) in [5.41, 5.74) is 1.60. The summed E-state index contributed by atoms with van der Waals surface area (Å²) in [6.45, 7) is 0.381. The van der Waals surface area contributed by atoms with Gasteiger partial charge in [0.05, 0.1) is 7.11 Å². The number of carbonyl (C=O) groups excluding carboxylic acids is 2. The normalized spacial score (nSPS) is 13.7. The second-order valence-corrected chi connectivity index (χ2v) is 6.94. The molecule has 0 unspecified atom stereocenters. The fourth-order valence-electron chi connectivity index (χ4n) is 2.41. The lowest BCUT2D eigenvalue weighted by Crippen LogP contribution is -2.51. The highest BCUT2D eigenvalue weighted by Crippen LogP contribution is 2.30. The number of hydrogen-bond acceptors (Lipinski definition) is 5. The lowest BCUT2D eigenvalue weighted by molar-refractivity contribution is -0.123. The van der Waals surface area contributed by atoms with Gasteiger partial charge in [-0.1, -0.05) is 34.1 Å². The quantitative estimate of drug-likeness (QED) is 0.419. The van der Waals surface area contributed by atoms with Gasteiger partial charge in [-0.15, -0.1) is 0 Å². The SMILES string of the molecule is COc1cc(C=C2C(=O)NC(=S)NC2=O)ccc1OCc1ccc(Br)cc1. The van der Waals surface area contributed by atoms with E-state index in [-0.39, 0.29) is 10.7 Å². The highest BCUT2D eigenvalue weighted by Gasteiger charge is 2.25. The van der Waals surface area contributed by atoms with E-state index < -0.39 is 11.8 Å². The highest BCUT2D eigenvalue weighted by molar-refractivity contribution is 9.10. The van der Waals surface area contributed by atoms with E-state index in [2.05, 4.69) is 26.6 Å². The maximum Gasteiger partial charge on any atom is 0.263 e. The number of methoxy groups -OCH3 is 1. The topological polar surface area (TPSA) is 76.7 Å². The standard InChI is InChI=1S/C19H15BrN2O4S/c1-25-16-9-12(8-14-17(23)21-19(27)22-18(14)24)4-7-15(16)26-10-11-2-5-13(20)6-3-11/h2-9H,10H2,1H3,(H2,21,22,23,24,27). The average Bonchev–Trinajstić information content (AvgIpc) is 2.64. The molecule has 3 rings (SSSR count). The number of ether oxygens (including phenoxy) is 2. The third-order valence-corrected chi connectivity index (χ3v) is 4.48. The Morgan fingerprint density at radius 3 is 2.33 bits per heavy atom. The number of halogens is 1. The number of rotatable bonds is 5. The molecule has 6 nitrogen and oxygen atoms in total. The monoisotopic (exact) mass is 446 g/mol. The molecule has 27 heavy (non-hydrogen) atoms. The highest BCUT2D eigenvalue weighted by atomic mass is 79.9. The number of nitrogens with one attached hydrogen (secondary N) is 2. The van der Waals surface area contributed by atoms with Crippen molar-refractivity contribution >= 4 is 51.2 Å². The molecule has 0 spiro atoms. The second kappa shape index (κ2) is 8.32. The smallest absolute Gasteiger partial charge is 0.263 e. The van der Waals surface area contributed by atoms with Gasteiger partial charge in [0.15, 0.2) is 16.6 Å². The minimum absolute atomic E-state index is 0.00331. The molecule has 0 bridgehead atoms. The Balaban J connectivity index is 1.78. The maximum atomic E-state index is 11.9. The van der Waals surface area contributed by atoms with E-state index in [0.29, 0.717) is 23.7 Å². The molecule has 8 heteroatoms. The lowest BCUT2D eigenvalue weighted by atomic mass is 10.1. The summed E-state index contributed by atoms with van der Waals surface area (Å²) in [7, 11) is 1.53. The minimum atomic E-state index is -0.543. The van der Waals surface area contributed by atoms with Crippen molar-refractivity contribution in [3.05, 3.63) is 63.6 Å². The van der Waals surface area contributed by atoms with Gasteiger partial charge >= 0.3 is 0 Å². The Bertz CT molecular complexity index is 919. The Labute approximate surface area is 169 Å². The molecular formula is C19H15BrN2O4S. The molecule has 138 valence electrons. The summed E-state index contributed by atoms with van der Waals surface area (Å²) < 4.78 is 12.2. The van der Waals surface area contributed by atoms with E-state index >= 15 is 0 Å². The van der Waals surface area contributed by atoms with Crippen molar-refractivity contribution < 1.29 is 19.1 Å². The molecule has 1 saturated heterocycles. The number of thiocarbonyl (C=S) groups is 1. The van der Waals surface area contributed by atoms with Gasteiger partial charge in [0.1, 0.15) is 12.2 Å². The Kier molecular flexibility index (Phi) is 5.88. The first kappa shape index (κ1) is 19.1. The second-order valence-electron chi connectivity index (χ2n) is 5.62. The molecule has 2 aromatic rings. The van der Waals surface area contributed by atoms with Crippen LogP contribution in [0, 0.1) is 0 Å². The molecule has 0 aliphatic carbocycles. The van der Waals surface area contributed by atoms with Crippen molar-refractivity contribution in [3.8, 4) is 11.5 Å². The van der Waals surface area contributed by atoms with Crippen LogP contribution in [0.25, 0.3) is 6.08 Å². The first-order chi connectivity index (χ1) is 13.0. The van der Waals surface area contributed by atoms with Gasteiger partial charge in [-0.3, -0.25) is 20.2 Å². The fourth-order valence-corrected chi connectivity index (χ4v) is 2.86.